The van der Waals surface area contributed by atoms with Crippen LogP contribution in [0.3, 0.4) is 0 Å². The summed E-state index contributed by atoms with van der Waals surface area (Å²) in [5.74, 6) is -0.804. The lowest BCUT2D eigenvalue weighted by atomic mass is 10.0. The Labute approximate surface area is 164 Å². The minimum absolute atomic E-state index is 0.00388. The van der Waals surface area contributed by atoms with Crippen molar-refractivity contribution < 1.29 is 19.8 Å². The Hall–Kier alpha value is -3.02. The summed E-state index contributed by atoms with van der Waals surface area (Å²) >= 11 is 0. The number of benzene rings is 2. The molecule has 2 aromatic rings. The summed E-state index contributed by atoms with van der Waals surface area (Å²) in [5, 5.41) is 22.0. The average molecular weight is 382 g/mol. The maximum atomic E-state index is 12.5. The summed E-state index contributed by atoms with van der Waals surface area (Å²) in [5.41, 5.74) is 2.76. The molecule has 1 fully saturated rings. The van der Waals surface area contributed by atoms with Crippen LogP contribution in [0.25, 0.3) is 0 Å². The lowest BCUT2D eigenvalue weighted by Crippen LogP contribution is -2.34. The lowest BCUT2D eigenvalue weighted by molar-refractivity contribution is -0.130. The van der Waals surface area contributed by atoms with Gasteiger partial charge in [-0.3, -0.25) is 9.59 Å². The van der Waals surface area contributed by atoms with E-state index in [0.29, 0.717) is 19.5 Å². The highest BCUT2D eigenvalue weighted by molar-refractivity contribution is 5.89. The summed E-state index contributed by atoms with van der Waals surface area (Å²) in [4.78, 5) is 26.7. The number of phenolic OH excluding ortho intramolecular Hbond substituents is 2. The van der Waals surface area contributed by atoms with Gasteiger partial charge in [0, 0.05) is 19.5 Å². The molecule has 0 aromatic heterocycles. The molecule has 1 aliphatic rings. The van der Waals surface area contributed by atoms with Crippen molar-refractivity contribution in [3.63, 3.8) is 0 Å². The molecule has 148 valence electrons. The standard InChI is InChI=1S/C22H26N2O4/c1-14-10-19(25)20(26)11-17(14)8-9-23-22(28)18-12-21(27)24(13-18)15(2)16-6-4-3-5-7-16/h3-7,10-11,15,18,25-26H,8-9,12-13H2,1-2H3,(H,23,28). The van der Waals surface area contributed by atoms with Gasteiger partial charge in [0.05, 0.1) is 12.0 Å². The summed E-state index contributed by atoms with van der Waals surface area (Å²) < 4.78 is 0. The number of hydrogen-bond donors (Lipinski definition) is 3. The lowest BCUT2D eigenvalue weighted by Gasteiger charge is -2.25. The van der Waals surface area contributed by atoms with E-state index in [0.717, 1.165) is 16.7 Å². The maximum Gasteiger partial charge on any atom is 0.225 e. The normalized spacial score (nSPS) is 17.6. The van der Waals surface area contributed by atoms with Crippen molar-refractivity contribution in [2.45, 2.75) is 32.7 Å². The summed E-state index contributed by atoms with van der Waals surface area (Å²) in [7, 11) is 0. The van der Waals surface area contributed by atoms with E-state index in [1.807, 2.05) is 44.2 Å². The number of carbonyl (C=O) groups excluding carboxylic acids is 2. The van der Waals surface area contributed by atoms with E-state index >= 15 is 0 Å². The highest BCUT2D eigenvalue weighted by Gasteiger charge is 2.36. The molecule has 2 amide bonds. The van der Waals surface area contributed by atoms with Gasteiger partial charge in [-0.2, -0.15) is 0 Å². The Morgan fingerprint density at radius 3 is 2.61 bits per heavy atom. The smallest absolute Gasteiger partial charge is 0.225 e. The van der Waals surface area contributed by atoms with Crippen LogP contribution in [0.4, 0.5) is 0 Å². The number of aryl methyl sites for hydroxylation is 1. The summed E-state index contributed by atoms with van der Waals surface area (Å²) in [6, 6.07) is 12.8. The minimum Gasteiger partial charge on any atom is -0.504 e. The number of aromatic hydroxyl groups is 2. The van der Waals surface area contributed by atoms with Crippen LogP contribution in [0.2, 0.25) is 0 Å². The second-order valence-electron chi connectivity index (χ2n) is 7.34. The number of amides is 2. The third-order valence-electron chi connectivity index (χ3n) is 5.41. The monoisotopic (exact) mass is 382 g/mol. The molecule has 6 heteroatoms. The number of phenols is 2. The van der Waals surface area contributed by atoms with Crippen LogP contribution >= 0.6 is 0 Å². The number of nitrogens with zero attached hydrogens (tertiary/aromatic N) is 1. The Kier molecular flexibility index (Phi) is 5.87. The first-order chi connectivity index (χ1) is 13.4. The quantitative estimate of drug-likeness (QED) is 0.670. The topological polar surface area (TPSA) is 89.9 Å². The van der Waals surface area contributed by atoms with Crippen LogP contribution in [-0.4, -0.2) is 40.0 Å². The first-order valence-corrected chi connectivity index (χ1v) is 9.50. The van der Waals surface area contributed by atoms with Crippen LogP contribution in [0.5, 0.6) is 11.5 Å². The van der Waals surface area contributed by atoms with Crippen LogP contribution < -0.4 is 5.32 Å². The Bertz CT molecular complexity index is 866. The highest BCUT2D eigenvalue weighted by Crippen LogP contribution is 2.29. The first kappa shape index (κ1) is 19.7. The molecule has 1 aliphatic heterocycles. The number of hydrogen-bond acceptors (Lipinski definition) is 4. The van der Waals surface area contributed by atoms with Crippen LogP contribution in [0, 0.1) is 12.8 Å². The molecule has 3 N–H and O–H groups in total. The maximum absolute atomic E-state index is 12.5. The predicted molar refractivity (Wildman–Crippen MR) is 106 cm³/mol. The minimum atomic E-state index is -0.354. The zero-order valence-corrected chi connectivity index (χ0v) is 16.2. The van der Waals surface area contributed by atoms with E-state index in [9.17, 15) is 19.8 Å². The molecule has 28 heavy (non-hydrogen) atoms. The first-order valence-electron chi connectivity index (χ1n) is 9.50. The molecular formula is C22H26N2O4. The molecule has 0 saturated carbocycles. The third-order valence-corrected chi connectivity index (χ3v) is 5.41. The molecule has 3 rings (SSSR count). The molecular weight excluding hydrogens is 356 g/mol. The second-order valence-corrected chi connectivity index (χ2v) is 7.34. The molecule has 6 nitrogen and oxygen atoms in total. The van der Waals surface area contributed by atoms with Crippen LogP contribution in [0.1, 0.15) is 36.1 Å². The van der Waals surface area contributed by atoms with Gasteiger partial charge in [-0.25, -0.2) is 0 Å². The van der Waals surface area contributed by atoms with Gasteiger partial charge in [0.25, 0.3) is 0 Å². The number of carbonyl (C=O) groups is 2. The fraction of sp³-hybridized carbons (Fsp3) is 0.364. The largest absolute Gasteiger partial charge is 0.504 e. The zero-order valence-electron chi connectivity index (χ0n) is 16.2. The van der Waals surface area contributed by atoms with Gasteiger partial charge < -0.3 is 20.4 Å². The SMILES string of the molecule is Cc1cc(O)c(O)cc1CCNC(=O)C1CC(=O)N(C(C)c2ccccc2)C1. The van der Waals surface area contributed by atoms with E-state index in [-0.39, 0.29) is 41.7 Å². The van der Waals surface area contributed by atoms with Gasteiger partial charge in [0.15, 0.2) is 11.5 Å². The van der Waals surface area contributed by atoms with Crippen molar-refractivity contribution >= 4 is 11.8 Å². The van der Waals surface area contributed by atoms with E-state index in [4.69, 9.17) is 0 Å². The third kappa shape index (κ3) is 4.27. The van der Waals surface area contributed by atoms with E-state index in [2.05, 4.69) is 5.32 Å². The van der Waals surface area contributed by atoms with Crippen molar-refractivity contribution in [3.05, 3.63) is 59.2 Å². The van der Waals surface area contributed by atoms with Gasteiger partial charge >= 0.3 is 0 Å². The van der Waals surface area contributed by atoms with Crippen molar-refractivity contribution in [1.29, 1.82) is 0 Å². The van der Waals surface area contributed by atoms with Crippen LogP contribution in [-0.2, 0) is 16.0 Å². The molecule has 2 atom stereocenters. The number of likely N-dealkylation sites (tertiary alicyclic amines) is 1. The van der Waals surface area contributed by atoms with Crippen molar-refractivity contribution in [2.75, 3.05) is 13.1 Å². The summed E-state index contributed by atoms with van der Waals surface area (Å²) in [6.07, 6.45) is 0.762. The van der Waals surface area contributed by atoms with E-state index in [1.54, 1.807) is 4.90 Å². The van der Waals surface area contributed by atoms with E-state index in [1.165, 1.54) is 12.1 Å². The zero-order chi connectivity index (χ0) is 20.3. The number of rotatable bonds is 6. The van der Waals surface area contributed by atoms with Gasteiger partial charge in [-0.05, 0) is 49.1 Å². The fourth-order valence-corrected chi connectivity index (χ4v) is 3.65. The van der Waals surface area contributed by atoms with Gasteiger partial charge in [0.1, 0.15) is 0 Å². The van der Waals surface area contributed by atoms with Crippen molar-refractivity contribution in [1.82, 2.24) is 10.2 Å². The Morgan fingerprint density at radius 1 is 1.21 bits per heavy atom. The van der Waals surface area contributed by atoms with Crippen molar-refractivity contribution in [2.24, 2.45) is 5.92 Å². The van der Waals surface area contributed by atoms with Gasteiger partial charge in [-0.1, -0.05) is 30.3 Å². The Balaban J connectivity index is 1.54. The van der Waals surface area contributed by atoms with E-state index < -0.39 is 0 Å². The molecule has 0 spiro atoms. The second kappa shape index (κ2) is 8.33. The molecule has 0 radical (unpaired) electrons. The predicted octanol–water partition coefficient (Wildman–Crippen LogP) is 2.67. The molecule has 2 aromatic carbocycles. The Morgan fingerprint density at radius 2 is 1.89 bits per heavy atom. The molecule has 0 aliphatic carbocycles. The van der Waals surface area contributed by atoms with Gasteiger partial charge in [-0.15, -0.1) is 0 Å². The molecule has 1 heterocycles. The summed E-state index contributed by atoms with van der Waals surface area (Å²) in [6.45, 7) is 4.64. The number of nitrogens with one attached hydrogen (secondary N) is 1. The van der Waals surface area contributed by atoms with Crippen molar-refractivity contribution in [3.8, 4) is 11.5 Å². The highest BCUT2D eigenvalue weighted by atomic mass is 16.3. The molecule has 2 unspecified atom stereocenters. The van der Waals surface area contributed by atoms with Gasteiger partial charge in [0.2, 0.25) is 11.8 Å². The van der Waals surface area contributed by atoms with Crippen LogP contribution in [0.15, 0.2) is 42.5 Å². The fourth-order valence-electron chi connectivity index (χ4n) is 3.65. The average Bonchev–Trinajstić information content (AvgIpc) is 3.07. The molecule has 1 saturated heterocycles. The molecule has 0 bridgehead atoms.